The van der Waals surface area contributed by atoms with Gasteiger partial charge in [0.2, 0.25) is 0 Å². The molecule has 1 aliphatic heterocycles. The average molecular weight is 708 g/mol. The number of benzene rings is 3. The van der Waals surface area contributed by atoms with Crippen molar-refractivity contribution >= 4 is 46.6 Å². The van der Waals surface area contributed by atoms with Crippen LogP contribution in [0.25, 0.3) is 6.08 Å². The van der Waals surface area contributed by atoms with E-state index in [1.807, 2.05) is 50.3 Å². The summed E-state index contributed by atoms with van der Waals surface area (Å²) in [6.45, 7) is 11.7. The molecule has 0 N–H and O–H groups in total. The van der Waals surface area contributed by atoms with E-state index in [0.29, 0.717) is 54.3 Å². The number of ether oxygens (including phenoxy) is 4. The first-order valence-electron chi connectivity index (χ1n) is 15.4. The number of esters is 1. The summed E-state index contributed by atoms with van der Waals surface area (Å²) < 4.78 is 25.1. The van der Waals surface area contributed by atoms with Crippen molar-refractivity contribution in [3.63, 3.8) is 0 Å². The van der Waals surface area contributed by atoms with E-state index < -0.39 is 12.0 Å². The number of nitrogens with zero attached hydrogens (tertiary/aromatic N) is 2. The summed E-state index contributed by atoms with van der Waals surface area (Å²) in [4.78, 5) is 32.7. The van der Waals surface area contributed by atoms with E-state index in [-0.39, 0.29) is 30.5 Å². The highest BCUT2D eigenvalue weighted by Gasteiger charge is 2.34. The van der Waals surface area contributed by atoms with Crippen LogP contribution in [0.1, 0.15) is 56.0 Å². The van der Waals surface area contributed by atoms with Gasteiger partial charge in [-0.3, -0.25) is 9.36 Å². The Bertz CT molecular complexity index is 2080. The predicted molar refractivity (Wildman–Crippen MR) is 190 cm³/mol. The van der Waals surface area contributed by atoms with Crippen LogP contribution in [0, 0.1) is 0 Å². The molecule has 0 spiro atoms. The molecule has 0 unspecified atom stereocenters. The van der Waals surface area contributed by atoms with E-state index in [9.17, 15) is 9.59 Å². The largest absolute Gasteiger partial charge is 0.493 e. The number of hydrogen-bond acceptors (Lipinski definition) is 8. The topological polar surface area (TPSA) is 88.4 Å². The van der Waals surface area contributed by atoms with Crippen molar-refractivity contribution in [1.82, 2.24) is 4.57 Å². The molecular formula is C37H36Cl2N2O6S. The molecule has 0 radical (unpaired) electrons. The zero-order chi connectivity index (χ0) is 34.5. The number of allylic oxidation sites excluding steroid dienone is 2. The van der Waals surface area contributed by atoms with Crippen LogP contribution >= 0.6 is 34.5 Å². The van der Waals surface area contributed by atoms with Crippen molar-refractivity contribution in [2.45, 2.75) is 52.9 Å². The number of hydrogen-bond donors (Lipinski definition) is 0. The number of rotatable bonds is 12. The summed E-state index contributed by atoms with van der Waals surface area (Å²) >= 11 is 13.6. The first-order chi connectivity index (χ1) is 23.0. The fourth-order valence-corrected chi connectivity index (χ4v) is 6.91. The standard InChI is InChI=1S/C37H36Cl2N2O6S/c1-7-9-24-16-23(10-14-29(24)46-20-26-11-13-27(38)19-28(26)39)17-32-35(42)41-34(25-12-15-30(47-21(3)4)31(18-25)44-6)33(36(43)45-8-2)22(5)40-37(41)48-32/h7,10-19,21,34H,1,8-9,20H2,2-6H3/b32-17-/t34-/m0/s1. The van der Waals surface area contributed by atoms with Crippen LogP contribution in [0.15, 0.2) is 88.3 Å². The Morgan fingerprint density at radius 2 is 1.83 bits per heavy atom. The molecule has 1 aromatic heterocycles. The molecule has 8 nitrogen and oxygen atoms in total. The van der Waals surface area contributed by atoms with Crippen LogP contribution in [0.3, 0.4) is 0 Å². The molecule has 11 heteroatoms. The van der Waals surface area contributed by atoms with Crippen LogP contribution in [0.5, 0.6) is 17.2 Å². The quantitative estimate of drug-likeness (QED) is 0.114. The third-order valence-corrected chi connectivity index (χ3v) is 9.10. The maximum Gasteiger partial charge on any atom is 0.338 e. The zero-order valence-corrected chi connectivity index (χ0v) is 29.7. The van der Waals surface area contributed by atoms with E-state index in [2.05, 4.69) is 11.6 Å². The van der Waals surface area contributed by atoms with Gasteiger partial charge in [0.25, 0.3) is 5.56 Å². The van der Waals surface area contributed by atoms with Gasteiger partial charge in [-0.25, -0.2) is 9.79 Å². The molecule has 0 bridgehead atoms. The first kappa shape index (κ1) is 35.0. The lowest BCUT2D eigenvalue weighted by Crippen LogP contribution is -2.40. The number of carbonyl (C=O) groups is 1. The van der Waals surface area contributed by atoms with Gasteiger partial charge in [-0.2, -0.15) is 0 Å². The number of halogens is 2. The number of fused-ring (bicyclic) bond motifs is 1. The van der Waals surface area contributed by atoms with Gasteiger partial charge in [-0.05, 0) is 93.3 Å². The van der Waals surface area contributed by atoms with Crippen LogP contribution in [-0.2, 0) is 22.6 Å². The lowest BCUT2D eigenvalue weighted by Gasteiger charge is -2.25. The SMILES string of the molecule is C=CCc1cc(/C=c2\sc3n(c2=O)[C@@H](c2ccc(OC(C)C)c(OC)c2)C(C(=O)OCC)=C(C)N=3)ccc1OCc1ccc(Cl)cc1Cl. The molecule has 0 fully saturated rings. The highest BCUT2D eigenvalue weighted by atomic mass is 35.5. The Labute approximate surface area is 293 Å². The number of aromatic nitrogens is 1. The summed E-state index contributed by atoms with van der Waals surface area (Å²) in [5, 5.41) is 1.08. The van der Waals surface area contributed by atoms with Crippen molar-refractivity contribution in [3.8, 4) is 17.2 Å². The highest BCUT2D eigenvalue weighted by Crippen LogP contribution is 2.36. The second kappa shape index (κ2) is 15.3. The van der Waals surface area contributed by atoms with Gasteiger partial charge in [0.1, 0.15) is 12.4 Å². The molecule has 0 aliphatic carbocycles. The Kier molecular flexibility index (Phi) is 11.1. The molecule has 0 amide bonds. The van der Waals surface area contributed by atoms with Gasteiger partial charge < -0.3 is 18.9 Å². The Balaban J connectivity index is 1.57. The Morgan fingerprint density at radius 3 is 2.52 bits per heavy atom. The smallest absolute Gasteiger partial charge is 0.338 e. The van der Waals surface area contributed by atoms with E-state index in [1.54, 1.807) is 55.9 Å². The molecule has 0 saturated carbocycles. The van der Waals surface area contributed by atoms with Gasteiger partial charge in [0.05, 0.1) is 41.7 Å². The van der Waals surface area contributed by atoms with Crippen LogP contribution in [-0.4, -0.2) is 30.4 Å². The number of thiazole rings is 1. The monoisotopic (exact) mass is 706 g/mol. The minimum atomic E-state index is -0.795. The molecule has 5 rings (SSSR count). The van der Waals surface area contributed by atoms with Crippen molar-refractivity contribution in [2.75, 3.05) is 13.7 Å². The summed E-state index contributed by atoms with van der Waals surface area (Å²) in [6, 6.07) is 15.6. The van der Waals surface area contributed by atoms with E-state index >= 15 is 0 Å². The molecule has 1 atom stereocenters. The van der Waals surface area contributed by atoms with Crippen LogP contribution in [0.4, 0.5) is 0 Å². The van der Waals surface area contributed by atoms with E-state index in [4.69, 9.17) is 42.1 Å². The Hall–Kier alpha value is -4.31. The number of carbonyl (C=O) groups excluding carboxylic acids is 1. The second-order valence-electron chi connectivity index (χ2n) is 11.3. The normalized spacial score (nSPS) is 14.4. The van der Waals surface area contributed by atoms with Crippen molar-refractivity contribution in [1.29, 1.82) is 0 Å². The van der Waals surface area contributed by atoms with Gasteiger partial charge in [0, 0.05) is 15.6 Å². The van der Waals surface area contributed by atoms with Crippen LogP contribution in [0.2, 0.25) is 10.0 Å². The minimum Gasteiger partial charge on any atom is -0.493 e. The molecule has 4 aromatic rings. The Morgan fingerprint density at radius 1 is 1.06 bits per heavy atom. The molecule has 0 saturated heterocycles. The lowest BCUT2D eigenvalue weighted by molar-refractivity contribution is -0.139. The van der Waals surface area contributed by atoms with Crippen LogP contribution < -0.4 is 29.1 Å². The summed E-state index contributed by atoms with van der Waals surface area (Å²) in [7, 11) is 1.55. The molecule has 1 aliphatic rings. The van der Waals surface area contributed by atoms with Gasteiger partial charge in [-0.15, -0.1) is 6.58 Å². The highest BCUT2D eigenvalue weighted by molar-refractivity contribution is 7.07. The maximum absolute atomic E-state index is 14.2. The first-order valence-corrected chi connectivity index (χ1v) is 17.0. The fraction of sp³-hybridized carbons (Fsp3) is 0.270. The van der Waals surface area contributed by atoms with Crippen molar-refractivity contribution in [2.24, 2.45) is 4.99 Å². The van der Waals surface area contributed by atoms with E-state index in [0.717, 1.165) is 16.7 Å². The van der Waals surface area contributed by atoms with Gasteiger partial charge in [0.15, 0.2) is 16.3 Å². The fourth-order valence-electron chi connectivity index (χ4n) is 5.40. The van der Waals surface area contributed by atoms with Gasteiger partial charge >= 0.3 is 5.97 Å². The minimum absolute atomic E-state index is 0.0748. The maximum atomic E-state index is 14.2. The summed E-state index contributed by atoms with van der Waals surface area (Å²) in [5.74, 6) is 1.18. The summed E-state index contributed by atoms with van der Waals surface area (Å²) in [6.07, 6.45) is 4.08. The summed E-state index contributed by atoms with van der Waals surface area (Å²) in [5.41, 5.74) is 3.62. The van der Waals surface area contributed by atoms with Crippen molar-refractivity contribution < 1.29 is 23.7 Å². The number of methoxy groups -OCH3 is 1. The molecule has 250 valence electrons. The third-order valence-electron chi connectivity index (χ3n) is 7.53. The average Bonchev–Trinajstić information content (AvgIpc) is 3.34. The molecule has 3 aromatic carbocycles. The van der Waals surface area contributed by atoms with Crippen molar-refractivity contribution in [3.05, 3.63) is 131 Å². The second-order valence-corrected chi connectivity index (χ2v) is 13.1. The van der Waals surface area contributed by atoms with E-state index in [1.165, 1.54) is 11.3 Å². The molecular weight excluding hydrogens is 671 g/mol. The molecule has 48 heavy (non-hydrogen) atoms. The third kappa shape index (κ3) is 7.54. The molecule has 2 heterocycles. The lowest BCUT2D eigenvalue weighted by atomic mass is 9.95. The van der Waals surface area contributed by atoms with Gasteiger partial charge in [-0.1, -0.05) is 58.8 Å². The zero-order valence-electron chi connectivity index (χ0n) is 27.3. The predicted octanol–water partition coefficient (Wildman–Crippen LogP) is 7.21.